The highest BCUT2D eigenvalue weighted by atomic mass is 15.0. The molecule has 70 valence electrons. The summed E-state index contributed by atoms with van der Waals surface area (Å²) in [4.78, 5) is 4.62. The van der Waals surface area contributed by atoms with Crippen molar-refractivity contribution in [2.24, 2.45) is 0 Å². The molecular formula is C12H12N2. The maximum absolute atomic E-state index is 4.62. The lowest BCUT2D eigenvalue weighted by Crippen LogP contribution is -1.88. The van der Waals surface area contributed by atoms with Crippen LogP contribution >= 0.6 is 0 Å². The van der Waals surface area contributed by atoms with Gasteiger partial charge in [0.05, 0.1) is 11.4 Å². The average molecular weight is 184 g/mol. The summed E-state index contributed by atoms with van der Waals surface area (Å²) in [5.41, 5.74) is 6.42. The molecule has 0 aliphatic heterocycles. The van der Waals surface area contributed by atoms with Crippen molar-refractivity contribution in [1.82, 2.24) is 9.38 Å². The lowest BCUT2D eigenvalue weighted by Gasteiger charge is -1.99. The van der Waals surface area contributed by atoms with E-state index in [1.807, 2.05) is 6.07 Å². The predicted molar refractivity (Wildman–Crippen MR) is 57.2 cm³/mol. The van der Waals surface area contributed by atoms with Crippen molar-refractivity contribution in [2.45, 2.75) is 20.3 Å². The number of hydrogen-bond donors (Lipinski definition) is 0. The molecule has 0 aromatic carbocycles. The van der Waals surface area contributed by atoms with Crippen LogP contribution in [0.3, 0.4) is 0 Å². The number of rotatable bonds is 0. The van der Waals surface area contributed by atoms with Crippen LogP contribution in [-0.4, -0.2) is 9.38 Å². The van der Waals surface area contributed by atoms with Crippen LogP contribution in [0.5, 0.6) is 0 Å². The molecule has 2 nitrogen and oxygen atoms in total. The molecule has 1 aliphatic rings. The van der Waals surface area contributed by atoms with Crippen LogP contribution in [0.4, 0.5) is 0 Å². The zero-order chi connectivity index (χ0) is 9.71. The highest BCUT2D eigenvalue weighted by Gasteiger charge is 2.20. The quantitative estimate of drug-likeness (QED) is 0.615. The van der Waals surface area contributed by atoms with Gasteiger partial charge < -0.3 is 0 Å². The fourth-order valence-electron chi connectivity index (χ4n) is 2.15. The van der Waals surface area contributed by atoms with Gasteiger partial charge in [-0.15, -0.1) is 0 Å². The summed E-state index contributed by atoms with van der Waals surface area (Å²) in [6, 6.07) is 6.14. The first-order valence-electron chi connectivity index (χ1n) is 4.90. The van der Waals surface area contributed by atoms with Gasteiger partial charge in [-0.2, -0.15) is 0 Å². The summed E-state index contributed by atoms with van der Waals surface area (Å²) in [5.74, 6) is 0. The predicted octanol–water partition coefficient (Wildman–Crippen LogP) is 2.68. The normalized spacial score (nSPS) is 15.3. The number of nitrogens with zero attached hydrogens (tertiary/aromatic N) is 2. The zero-order valence-corrected chi connectivity index (χ0v) is 8.41. The van der Waals surface area contributed by atoms with Crippen molar-refractivity contribution in [1.29, 1.82) is 0 Å². The lowest BCUT2D eigenvalue weighted by molar-refractivity contribution is 1.12. The minimum atomic E-state index is 1.02. The van der Waals surface area contributed by atoms with Gasteiger partial charge >= 0.3 is 0 Å². The van der Waals surface area contributed by atoms with E-state index in [0.717, 1.165) is 12.1 Å². The summed E-state index contributed by atoms with van der Waals surface area (Å²) in [6.07, 6.45) is 3.10. The minimum absolute atomic E-state index is 1.02. The molecule has 0 amide bonds. The Kier molecular flexibility index (Phi) is 1.38. The van der Waals surface area contributed by atoms with E-state index in [4.69, 9.17) is 0 Å². The summed E-state index contributed by atoms with van der Waals surface area (Å²) < 4.78 is 2.18. The van der Waals surface area contributed by atoms with Crippen molar-refractivity contribution < 1.29 is 0 Å². The van der Waals surface area contributed by atoms with Crippen LogP contribution in [0.15, 0.2) is 30.0 Å². The van der Waals surface area contributed by atoms with E-state index in [1.54, 1.807) is 0 Å². The topological polar surface area (TPSA) is 17.3 Å². The van der Waals surface area contributed by atoms with Crippen LogP contribution in [0, 0.1) is 0 Å². The van der Waals surface area contributed by atoms with Crippen LogP contribution in [0.2, 0.25) is 0 Å². The van der Waals surface area contributed by atoms with Gasteiger partial charge in [-0.1, -0.05) is 11.6 Å². The van der Waals surface area contributed by atoms with E-state index in [2.05, 4.69) is 41.6 Å². The molecule has 0 saturated carbocycles. The van der Waals surface area contributed by atoms with E-state index in [9.17, 15) is 0 Å². The van der Waals surface area contributed by atoms with Gasteiger partial charge in [0.25, 0.3) is 0 Å². The fourth-order valence-corrected chi connectivity index (χ4v) is 2.15. The highest BCUT2D eigenvalue weighted by Crippen LogP contribution is 2.32. The van der Waals surface area contributed by atoms with Crippen molar-refractivity contribution in [3.05, 3.63) is 41.4 Å². The molecule has 14 heavy (non-hydrogen) atoms. The molecule has 2 heteroatoms. The summed E-state index contributed by atoms with van der Waals surface area (Å²) in [7, 11) is 0. The fraction of sp³-hybridized carbons (Fsp3) is 0.250. The number of fused-ring (bicyclic) bond motifs is 3. The van der Waals surface area contributed by atoms with Crippen LogP contribution < -0.4 is 0 Å². The molecule has 0 fully saturated rings. The molecule has 2 aromatic rings. The largest absolute Gasteiger partial charge is 0.300 e. The standard InChI is InChI=1S/C12H12N2/c1-8-7-10-12(9(8)2)14-6-4-3-5-11(14)13-10/h3-6H,7H2,1-2H3. The van der Waals surface area contributed by atoms with Crippen LogP contribution in [0.25, 0.3) is 11.2 Å². The molecule has 2 aromatic heterocycles. The first-order valence-corrected chi connectivity index (χ1v) is 4.90. The van der Waals surface area contributed by atoms with Crippen molar-refractivity contribution in [3.63, 3.8) is 0 Å². The second kappa shape index (κ2) is 2.47. The third-order valence-corrected chi connectivity index (χ3v) is 3.03. The SMILES string of the molecule is CC1=C(C)c2c(nc3ccccn23)C1. The molecule has 1 aliphatic carbocycles. The third-order valence-electron chi connectivity index (χ3n) is 3.03. The van der Waals surface area contributed by atoms with Crippen LogP contribution in [0.1, 0.15) is 25.2 Å². The Balaban J connectivity index is 2.43. The molecule has 0 N–H and O–H groups in total. The Hall–Kier alpha value is -1.57. The van der Waals surface area contributed by atoms with Gasteiger partial charge in [-0.05, 0) is 31.6 Å². The average Bonchev–Trinajstić information content (AvgIpc) is 2.65. The van der Waals surface area contributed by atoms with Crippen molar-refractivity contribution in [2.75, 3.05) is 0 Å². The van der Waals surface area contributed by atoms with Gasteiger partial charge in [0.15, 0.2) is 0 Å². The van der Waals surface area contributed by atoms with E-state index in [-0.39, 0.29) is 0 Å². The number of pyridine rings is 1. The monoisotopic (exact) mass is 184 g/mol. The number of hydrogen-bond acceptors (Lipinski definition) is 1. The zero-order valence-electron chi connectivity index (χ0n) is 8.41. The Morgan fingerprint density at radius 2 is 2.14 bits per heavy atom. The van der Waals surface area contributed by atoms with Gasteiger partial charge in [0.2, 0.25) is 0 Å². The summed E-state index contributed by atoms with van der Waals surface area (Å²) in [5, 5.41) is 0. The summed E-state index contributed by atoms with van der Waals surface area (Å²) in [6.45, 7) is 4.37. The van der Waals surface area contributed by atoms with Gasteiger partial charge in [-0.3, -0.25) is 4.40 Å². The molecule has 3 rings (SSSR count). The maximum atomic E-state index is 4.62. The van der Waals surface area contributed by atoms with Crippen molar-refractivity contribution >= 4 is 11.2 Å². The number of imidazole rings is 1. The van der Waals surface area contributed by atoms with E-state index >= 15 is 0 Å². The molecule has 0 spiro atoms. The lowest BCUT2D eigenvalue weighted by atomic mass is 10.2. The second-order valence-corrected chi connectivity index (χ2v) is 3.92. The molecule has 0 unspecified atom stereocenters. The minimum Gasteiger partial charge on any atom is -0.300 e. The smallest absolute Gasteiger partial charge is 0.137 e. The summed E-state index contributed by atoms with van der Waals surface area (Å²) >= 11 is 0. The third kappa shape index (κ3) is 0.830. The van der Waals surface area contributed by atoms with Gasteiger partial charge in [-0.25, -0.2) is 4.98 Å². The Morgan fingerprint density at radius 3 is 3.00 bits per heavy atom. The van der Waals surface area contributed by atoms with E-state index in [1.165, 1.54) is 22.5 Å². The van der Waals surface area contributed by atoms with E-state index in [0.29, 0.717) is 0 Å². The molecular weight excluding hydrogens is 172 g/mol. The molecule has 0 atom stereocenters. The molecule has 0 radical (unpaired) electrons. The Labute approximate surface area is 82.9 Å². The van der Waals surface area contributed by atoms with E-state index < -0.39 is 0 Å². The second-order valence-electron chi connectivity index (χ2n) is 3.92. The Bertz CT molecular complexity index is 546. The molecule has 2 heterocycles. The van der Waals surface area contributed by atoms with Crippen molar-refractivity contribution in [3.8, 4) is 0 Å². The first-order chi connectivity index (χ1) is 6.77. The Morgan fingerprint density at radius 1 is 1.29 bits per heavy atom. The number of allylic oxidation sites excluding steroid dienone is 2. The van der Waals surface area contributed by atoms with Gasteiger partial charge in [0.1, 0.15) is 5.65 Å². The number of aromatic nitrogens is 2. The maximum Gasteiger partial charge on any atom is 0.137 e. The first kappa shape index (κ1) is 7.80. The molecule has 0 bridgehead atoms. The molecule has 0 saturated heterocycles. The van der Waals surface area contributed by atoms with Gasteiger partial charge in [0, 0.05) is 12.6 Å². The highest BCUT2D eigenvalue weighted by molar-refractivity contribution is 5.73. The van der Waals surface area contributed by atoms with Crippen LogP contribution in [-0.2, 0) is 6.42 Å².